The van der Waals surface area contributed by atoms with Gasteiger partial charge in [-0.3, -0.25) is 4.79 Å². The first-order valence-electron chi connectivity index (χ1n) is 6.78. The first-order valence-corrected chi connectivity index (χ1v) is 6.78. The number of carbonyl (C=O) groups excluding carboxylic acids is 1. The number of benzene rings is 1. The number of rotatable bonds is 5. The molecule has 1 aliphatic heterocycles. The van der Waals surface area contributed by atoms with Gasteiger partial charge in [0.25, 0.3) is 0 Å². The van der Waals surface area contributed by atoms with Gasteiger partial charge in [0.1, 0.15) is 6.54 Å². The molecule has 0 aromatic heterocycles. The largest absolute Gasteiger partial charge is 0.405 e. The summed E-state index contributed by atoms with van der Waals surface area (Å²) in [6, 6.07) is 6.39. The lowest BCUT2D eigenvalue weighted by atomic mass is 9.88. The minimum Gasteiger partial charge on any atom is -0.375 e. The van der Waals surface area contributed by atoms with Crippen molar-refractivity contribution in [3.05, 3.63) is 24.3 Å². The van der Waals surface area contributed by atoms with Gasteiger partial charge in [-0.1, -0.05) is 19.1 Å². The molecule has 3 N–H and O–H groups in total. The van der Waals surface area contributed by atoms with Gasteiger partial charge in [-0.05, 0) is 31.1 Å². The van der Waals surface area contributed by atoms with Crippen LogP contribution < -0.4 is 16.0 Å². The van der Waals surface area contributed by atoms with E-state index in [0.717, 1.165) is 13.1 Å². The monoisotopic (exact) mass is 301 g/mol. The number of para-hydroxylation sites is 2. The van der Waals surface area contributed by atoms with Crippen LogP contribution in [0.4, 0.5) is 24.5 Å². The number of hydrogen-bond donors (Lipinski definition) is 3. The molecule has 1 amide bonds. The van der Waals surface area contributed by atoms with Gasteiger partial charge < -0.3 is 16.0 Å². The minimum atomic E-state index is -4.30. The summed E-state index contributed by atoms with van der Waals surface area (Å²) in [5, 5.41) is 8.09. The van der Waals surface area contributed by atoms with Crippen molar-refractivity contribution >= 4 is 17.3 Å². The van der Waals surface area contributed by atoms with Crippen LogP contribution in [-0.4, -0.2) is 31.7 Å². The number of amides is 1. The number of halogens is 3. The second-order valence-electron chi connectivity index (χ2n) is 5.21. The summed E-state index contributed by atoms with van der Waals surface area (Å²) in [4.78, 5) is 12.1. The van der Waals surface area contributed by atoms with Crippen molar-refractivity contribution < 1.29 is 18.0 Å². The number of anilines is 2. The third-order valence-corrected chi connectivity index (χ3v) is 3.60. The van der Waals surface area contributed by atoms with E-state index in [0.29, 0.717) is 5.69 Å². The fourth-order valence-electron chi connectivity index (χ4n) is 2.07. The Balaban J connectivity index is 2.00. The van der Waals surface area contributed by atoms with Crippen molar-refractivity contribution in [3.8, 4) is 0 Å². The van der Waals surface area contributed by atoms with E-state index in [1.807, 2.05) is 6.92 Å². The lowest BCUT2D eigenvalue weighted by Gasteiger charge is -2.31. The molecule has 1 aromatic carbocycles. The molecule has 21 heavy (non-hydrogen) atoms. The highest BCUT2D eigenvalue weighted by Gasteiger charge is 2.29. The van der Waals surface area contributed by atoms with Gasteiger partial charge >= 0.3 is 6.18 Å². The smallest absolute Gasteiger partial charge is 0.375 e. The standard InChI is InChI=1S/C14H18F3N3O/c1-9(10-6-18-7-10)13(21)20-12-5-3-2-4-11(12)19-8-14(15,16)17/h2-5,9-10,18-19H,6-8H2,1H3,(H,20,21). The molecule has 0 aliphatic carbocycles. The van der Waals surface area contributed by atoms with Gasteiger partial charge in [0.2, 0.25) is 5.91 Å². The summed E-state index contributed by atoms with van der Waals surface area (Å²) < 4.78 is 36.8. The lowest BCUT2D eigenvalue weighted by molar-refractivity contribution is -0.121. The Morgan fingerprint density at radius 1 is 1.33 bits per heavy atom. The second kappa shape index (κ2) is 6.34. The molecule has 0 saturated carbocycles. The predicted molar refractivity (Wildman–Crippen MR) is 75.1 cm³/mol. The Kier molecular flexibility index (Phi) is 4.72. The van der Waals surface area contributed by atoms with Gasteiger partial charge in [0.15, 0.2) is 0 Å². The quantitative estimate of drug-likeness (QED) is 0.783. The molecule has 1 unspecified atom stereocenters. The minimum absolute atomic E-state index is 0.178. The van der Waals surface area contributed by atoms with Crippen LogP contribution in [0.25, 0.3) is 0 Å². The van der Waals surface area contributed by atoms with E-state index in [-0.39, 0.29) is 23.4 Å². The highest BCUT2D eigenvalue weighted by molar-refractivity contribution is 5.95. The van der Waals surface area contributed by atoms with E-state index in [2.05, 4.69) is 16.0 Å². The second-order valence-corrected chi connectivity index (χ2v) is 5.21. The van der Waals surface area contributed by atoms with Gasteiger partial charge in [-0.25, -0.2) is 0 Å². The summed E-state index contributed by atoms with van der Waals surface area (Å²) in [7, 11) is 0. The normalized spacial score (nSPS) is 17.0. The highest BCUT2D eigenvalue weighted by atomic mass is 19.4. The Morgan fingerprint density at radius 2 is 1.95 bits per heavy atom. The zero-order valence-corrected chi connectivity index (χ0v) is 11.6. The third-order valence-electron chi connectivity index (χ3n) is 3.60. The van der Waals surface area contributed by atoms with Crippen molar-refractivity contribution in [2.75, 3.05) is 30.3 Å². The van der Waals surface area contributed by atoms with E-state index >= 15 is 0 Å². The fourth-order valence-corrected chi connectivity index (χ4v) is 2.07. The first-order chi connectivity index (χ1) is 9.87. The average molecular weight is 301 g/mol. The molecule has 0 radical (unpaired) electrons. The molecular weight excluding hydrogens is 283 g/mol. The Bertz CT molecular complexity index is 500. The van der Waals surface area contributed by atoms with E-state index in [1.54, 1.807) is 18.2 Å². The van der Waals surface area contributed by atoms with Crippen LogP contribution in [0.3, 0.4) is 0 Å². The average Bonchev–Trinajstić information content (AvgIpc) is 2.34. The maximum absolute atomic E-state index is 12.3. The molecule has 0 spiro atoms. The Morgan fingerprint density at radius 3 is 2.48 bits per heavy atom. The van der Waals surface area contributed by atoms with Crippen molar-refractivity contribution in [1.29, 1.82) is 0 Å². The maximum Gasteiger partial charge on any atom is 0.405 e. The molecule has 1 aromatic rings. The van der Waals surface area contributed by atoms with Crippen LogP contribution in [0.2, 0.25) is 0 Å². The molecule has 1 aliphatic rings. The molecular formula is C14H18F3N3O. The molecule has 7 heteroatoms. The van der Waals surface area contributed by atoms with Crippen molar-refractivity contribution in [2.45, 2.75) is 13.1 Å². The number of alkyl halides is 3. The van der Waals surface area contributed by atoms with E-state index in [1.165, 1.54) is 6.07 Å². The van der Waals surface area contributed by atoms with Crippen molar-refractivity contribution in [3.63, 3.8) is 0 Å². The maximum atomic E-state index is 12.3. The molecule has 2 rings (SSSR count). The molecule has 4 nitrogen and oxygen atoms in total. The summed E-state index contributed by atoms with van der Waals surface area (Å²) >= 11 is 0. The summed E-state index contributed by atoms with van der Waals surface area (Å²) in [5.74, 6) is -0.0787. The third kappa shape index (κ3) is 4.35. The Hall–Kier alpha value is -1.76. The predicted octanol–water partition coefficient (Wildman–Crippen LogP) is 2.45. The van der Waals surface area contributed by atoms with E-state index in [9.17, 15) is 18.0 Å². The van der Waals surface area contributed by atoms with Crippen LogP contribution in [-0.2, 0) is 4.79 Å². The number of carbonyl (C=O) groups is 1. The first kappa shape index (κ1) is 15.6. The molecule has 1 heterocycles. The number of nitrogens with one attached hydrogen (secondary N) is 3. The zero-order chi connectivity index (χ0) is 15.5. The van der Waals surface area contributed by atoms with E-state index < -0.39 is 12.7 Å². The van der Waals surface area contributed by atoms with Crippen molar-refractivity contribution in [1.82, 2.24) is 5.32 Å². The van der Waals surface area contributed by atoms with Crippen LogP contribution >= 0.6 is 0 Å². The molecule has 1 saturated heterocycles. The number of hydrogen-bond acceptors (Lipinski definition) is 3. The summed E-state index contributed by atoms with van der Waals surface area (Å²) in [5.41, 5.74) is 0.632. The lowest BCUT2D eigenvalue weighted by Crippen LogP contribution is -2.48. The van der Waals surface area contributed by atoms with Crippen LogP contribution in [0, 0.1) is 11.8 Å². The van der Waals surface area contributed by atoms with Crippen LogP contribution in [0.5, 0.6) is 0 Å². The summed E-state index contributed by atoms with van der Waals surface area (Å²) in [6.45, 7) is 2.28. The van der Waals surface area contributed by atoms with E-state index in [4.69, 9.17) is 0 Å². The topological polar surface area (TPSA) is 53.2 Å². The van der Waals surface area contributed by atoms with Crippen LogP contribution in [0.15, 0.2) is 24.3 Å². The molecule has 116 valence electrons. The van der Waals surface area contributed by atoms with Crippen LogP contribution in [0.1, 0.15) is 6.92 Å². The van der Waals surface area contributed by atoms with Gasteiger partial charge in [0.05, 0.1) is 11.4 Å². The zero-order valence-electron chi connectivity index (χ0n) is 11.6. The molecule has 1 atom stereocenters. The SMILES string of the molecule is CC(C(=O)Nc1ccccc1NCC(F)(F)F)C1CNC1. The van der Waals surface area contributed by atoms with Gasteiger partial charge in [-0.15, -0.1) is 0 Å². The highest BCUT2D eigenvalue weighted by Crippen LogP contribution is 2.25. The Labute approximate surface area is 121 Å². The summed E-state index contributed by atoms with van der Waals surface area (Å²) in [6.07, 6.45) is -4.30. The molecule has 1 fully saturated rings. The van der Waals surface area contributed by atoms with Gasteiger partial charge in [0, 0.05) is 5.92 Å². The fraction of sp³-hybridized carbons (Fsp3) is 0.500. The molecule has 0 bridgehead atoms. The van der Waals surface area contributed by atoms with Crippen molar-refractivity contribution in [2.24, 2.45) is 11.8 Å². The van der Waals surface area contributed by atoms with Gasteiger partial charge in [-0.2, -0.15) is 13.2 Å².